The molecule has 0 aliphatic carbocycles. The molecule has 0 saturated carbocycles. The number of likely N-dealkylation sites (tertiary alicyclic amines) is 1. The van der Waals surface area contributed by atoms with E-state index in [1.807, 2.05) is 36.9 Å². The molecule has 0 radical (unpaired) electrons. The predicted octanol–water partition coefficient (Wildman–Crippen LogP) is 3.23. The molecule has 1 aromatic carbocycles. The molecule has 1 aliphatic rings. The van der Waals surface area contributed by atoms with Crippen molar-refractivity contribution in [1.29, 1.82) is 0 Å². The van der Waals surface area contributed by atoms with Crippen molar-refractivity contribution >= 4 is 23.3 Å². The average Bonchev–Trinajstić information content (AvgIpc) is 2.98. The molecule has 1 aromatic rings. The van der Waals surface area contributed by atoms with Gasteiger partial charge in [0.15, 0.2) is 0 Å². The third-order valence-corrected chi connectivity index (χ3v) is 4.51. The van der Waals surface area contributed by atoms with E-state index in [4.69, 9.17) is 0 Å². The van der Waals surface area contributed by atoms with E-state index < -0.39 is 0 Å². The number of anilines is 2. The van der Waals surface area contributed by atoms with Crippen LogP contribution in [-0.4, -0.2) is 55.0 Å². The second kappa shape index (κ2) is 9.42. The van der Waals surface area contributed by atoms with Gasteiger partial charge < -0.3 is 20.4 Å². The molecule has 1 heterocycles. The van der Waals surface area contributed by atoms with Crippen LogP contribution in [0.5, 0.6) is 0 Å². The van der Waals surface area contributed by atoms with Gasteiger partial charge >= 0.3 is 6.03 Å². The standard InChI is InChI=1S/C19H30N4O2/c1-4-7-18(24)20-16-8-6-9-17(12-16)21-19(25)23(5-2)14-15-10-11-22(3)13-15/h6,8-9,12,15H,4-5,7,10-11,13-14H2,1-3H3,(H,20,24)(H,21,25)/t15-/m1/s1. The Morgan fingerprint density at radius 2 is 1.96 bits per heavy atom. The first-order chi connectivity index (χ1) is 12.0. The minimum absolute atomic E-state index is 0.00786. The molecular formula is C19H30N4O2. The molecular weight excluding hydrogens is 316 g/mol. The lowest BCUT2D eigenvalue weighted by molar-refractivity contribution is -0.116. The molecule has 0 bridgehead atoms. The van der Waals surface area contributed by atoms with Crippen LogP contribution in [0.15, 0.2) is 24.3 Å². The first kappa shape index (κ1) is 19.2. The largest absolute Gasteiger partial charge is 0.326 e. The minimum Gasteiger partial charge on any atom is -0.326 e. The number of nitrogens with one attached hydrogen (secondary N) is 2. The summed E-state index contributed by atoms with van der Waals surface area (Å²) in [7, 11) is 2.12. The van der Waals surface area contributed by atoms with E-state index in [2.05, 4.69) is 22.6 Å². The van der Waals surface area contributed by atoms with Gasteiger partial charge in [0.1, 0.15) is 0 Å². The fraction of sp³-hybridized carbons (Fsp3) is 0.579. The van der Waals surface area contributed by atoms with Gasteiger partial charge in [0, 0.05) is 37.4 Å². The van der Waals surface area contributed by atoms with Crippen LogP contribution in [0.1, 0.15) is 33.1 Å². The molecule has 6 nitrogen and oxygen atoms in total. The third-order valence-electron chi connectivity index (χ3n) is 4.51. The van der Waals surface area contributed by atoms with Gasteiger partial charge in [-0.05, 0) is 57.5 Å². The van der Waals surface area contributed by atoms with Crippen molar-refractivity contribution in [2.45, 2.75) is 33.1 Å². The van der Waals surface area contributed by atoms with E-state index in [1.165, 1.54) is 0 Å². The number of hydrogen-bond acceptors (Lipinski definition) is 3. The monoisotopic (exact) mass is 346 g/mol. The molecule has 2 N–H and O–H groups in total. The summed E-state index contributed by atoms with van der Waals surface area (Å²) in [5.41, 5.74) is 1.40. The Morgan fingerprint density at radius 1 is 1.24 bits per heavy atom. The number of hydrogen-bond donors (Lipinski definition) is 2. The van der Waals surface area contributed by atoms with Crippen molar-refractivity contribution < 1.29 is 9.59 Å². The summed E-state index contributed by atoms with van der Waals surface area (Å²) in [6, 6.07) is 7.20. The number of nitrogens with zero attached hydrogens (tertiary/aromatic N) is 2. The maximum atomic E-state index is 12.6. The highest BCUT2D eigenvalue weighted by molar-refractivity contribution is 5.93. The zero-order valence-corrected chi connectivity index (χ0v) is 15.5. The van der Waals surface area contributed by atoms with Gasteiger partial charge in [-0.1, -0.05) is 13.0 Å². The number of carbonyl (C=O) groups excluding carboxylic acids is 2. The maximum absolute atomic E-state index is 12.6. The van der Waals surface area contributed by atoms with Crippen molar-refractivity contribution in [1.82, 2.24) is 9.80 Å². The van der Waals surface area contributed by atoms with Crippen LogP contribution in [0.25, 0.3) is 0 Å². The average molecular weight is 346 g/mol. The quantitative estimate of drug-likeness (QED) is 0.797. The van der Waals surface area contributed by atoms with Crippen LogP contribution in [-0.2, 0) is 4.79 Å². The van der Waals surface area contributed by atoms with Gasteiger partial charge in [0.2, 0.25) is 5.91 Å². The fourth-order valence-corrected chi connectivity index (χ4v) is 3.17. The summed E-state index contributed by atoms with van der Waals surface area (Å²) in [6.07, 6.45) is 2.44. The maximum Gasteiger partial charge on any atom is 0.321 e. The number of rotatable bonds is 7. The molecule has 0 unspecified atom stereocenters. The van der Waals surface area contributed by atoms with Crippen LogP contribution in [0.2, 0.25) is 0 Å². The molecule has 6 heteroatoms. The Kier molecular flexibility index (Phi) is 7.25. The zero-order valence-electron chi connectivity index (χ0n) is 15.5. The number of benzene rings is 1. The van der Waals surface area contributed by atoms with Crippen molar-refractivity contribution in [3.8, 4) is 0 Å². The van der Waals surface area contributed by atoms with Crippen LogP contribution >= 0.6 is 0 Å². The van der Waals surface area contributed by atoms with E-state index in [-0.39, 0.29) is 11.9 Å². The van der Waals surface area contributed by atoms with E-state index in [9.17, 15) is 9.59 Å². The van der Waals surface area contributed by atoms with E-state index in [0.29, 0.717) is 30.3 Å². The summed E-state index contributed by atoms with van der Waals surface area (Å²) >= 11 is 0. The van der Waals surface area contributed by atoms with Crippen molar-refractivity contribution in [2.24, 2.45) is 5.92 Å². The van der Waals surface area contributed by atoms with Crippen molar-refractivity contribution in [3.63, 3.8) is 0 Å². The Labute approximate surface area is 150 Å². The lowest BCUT2D eigenvalue weighted by Gasteiger charge is -2.24. The van der Waals surface area contributed by atoms with E-state index >= 15 is 0 Å². The van der Waals surface area contributed by atoms with Crippen molar-refractivity contribution in [3.05, 3.63) is 24.3 Å². The summed E-state index contributed by atoms with van der Waals surface area (Å²) in [6.45, 7) is 7.57. The first-order valence-corrected chi connectivity index (χ1v) is 9.16. The highest BCUT2D eigenvalue weighted by Gasteiger charge is 2.23. The first-order valence-electron chi connectivity index (χ1n) is 9.16. The van der Waals surface area contributed by atoms with Crippen LogP contribution in [0.3, 0.4) is 0 Å². The summed E-state index contributed by atoms with van der Waals surface area (Å²) < 4.78 is 0. The van der Waals surface area contributed by atoms with Gasteiger partial charge in [-0.25, -0.2) is 4.79 Å². The Hall–Kier alpha value is -2.08. The minimum atomic E-state index is -0.0888. The molecule has 1 saturated heterocycles. The van der Waals surface area contributed by atoms with Gasteiger partial charge in [0.05, 0.1) is 0 Å². The van der Waals surface area contributed by atoms with Gasteiger partial charge in [-0.2, -0.15) is 0 Å². The lowest BCUT2D eigenvalue weighted by Crippen LogP contribution is -2.38. The van der Waals surface area contributed by atoms with Crippen LogP contribution < -0.4 is 10.6 Å². The molecule has 1 fully saturated rings. The molecule has 138 valence electrons. The summed E-state index contributed by atoms with van der Waals surface area (Å²) in [5, 5.41) is 5.80. The highest BCUT2D eigenvalue weighted by atomic mass is 16.2. The van der Waals surface area contributed by atoms with Crippen molar-refractivity contribution in [2.75, 3.05) is 43.9 Å². The normalized spacial score (nSPS) is 17.3. The molecule has 3 amide bonds. The topological polar surface area (TPSA) is 64.7 Å². The Morgan fingerprint density at radius 3 is 2.56 bits per heavy atom. The summed E-state index contributed by atoms with van der Waals surface area (Å²) in [4.78, 5) is 28.4. The second-order valence-corrected chi connectivity index (χ2v) is 6.76. The van der Waals surface area contributed by atoms with Gasteiger partial charge in [-0.3, -0.25) is 4.79 Å². The number of carbonyl (C=O) groups is 2. The smallest absolute Gasteiger partial charge is 0.321 e. The molecule has 25 heavy (non-hydrogen) atoms. The van der Waals surface area contributed by atoms with Crippen LogP contribution in [0.4, 0.5) is 16.2 Å². The fourth-order valence-electron chi connectivity index (χ4n) is 3.17. The van der Waals surface area contributed by atoms with Gasteiger partial charge in [-0.15, -0.1) is 0 Å². The third kappa shape index (κ3) is 6.05. The Balaban J connectivity index is 1.92. The number of urea groups is 1. The lowest BCUT2D eigenvalue weighted by atomic mass is 10.1. The highest BCUT2D eigenvalue weighted by Crippen LogP contribution is 2.18. The molecule has 2 rings (SSSR count). The SMILES string of the molecule is CCCC(=O)Nc1cccc(NC(=O)N(CC)C[C@@H]2CCN(C)C2)c1. The zero-order chi connectivity index (χ0) is 18.2. The van der Waals surface area contributed by atoms with Crippen LogP contribution in [0, 0.1) is 5.92 Å². The summed E-state index contributed by atoms with van der Waals surface area (Å²) in [5.74, 6) is 0.530. The molecule has 1 aliphatic heterocycles. The van der Waals surface area contributed by atoms with E-state index in [1.54, 1.807) is 6.07 Å². The molecule has 1 atom stereocenters. The molecule has 0 spiro atoms. The van der Waals surface area contributed by atoms with Gasteiger partial charge in [0.25, 0.3) is 0 Å². The van der Waals surface area contributed by atoms with E-state index in [0.717, 1.165) is 32.5 Å². The second-order valence-electron chi connectivity index (χ2n) is 6.76. The predicted molar refractivity (Wildman–Crippen MR) is 102 cm³/mol. The molecule has 0 aromatic heterocycles. The number of amides is 3. The Bertz CT molecular complexity index is 591.